The van der Waals surface area contributed by atoms with Gasteiger partial charge in [0.1, 0.15) is 11.9 Å². The maximum Gasteiger partial charge on any atom is 0.282 e. The van der Waals surface area contributed by atoms with Crippen molar-refractivity contribution >= 4 is 49.0 Å². The lowest BCUT2D eigenvalue weighted by Crippen LogP contribution is -2.29. The van der Waals surface area contributed by atoms with Crippen molar-refractivity contribution in [3.63, 3.8) is 0 Å². The Morgan fingerprint density at radius 1 is 1.26 bits per heavy atom. The number of benzene rings is 2. The van der Waals surface area contributed by atoms with Gasteiger partial charge in [0.05, 0.1) is 28.7 Å². The first-order valence-corrected chi connectivity index (χ1v) is 10.9. The molecule has 0 N–H and O–H groups in total. The molecule has 0 aliphatic heterocycles. The lowest BCUT2D eigenvalue weighted by atomic mass is 9.95. The van der Waals surface area contributed by atoms with Crippen molar-refractivity contribution in [3.8, 4) is 17.6 Å². The molecule has 0 bridgehead atoms. The molecule has 7 nitrogen and oxygen atoms in total. The van der Waals surface area contributed by atoms with Gasteiger partial charge in [-0.05, 0) is 51.8 Å². The first-order chi connectivity index (χ1) is 14.7. The largest absolute Gasteiger partial charge is 0.493 e. The molecule has 2 aromatic carbocycles. The zero-order valence-electron chi connectivity index (χ0n) is 17.4. The van der Waals surface area contributed by atoms with Gasteiger partial charge in [-0.25, -0.2) is 4.98 Å². The van der Waals surface area contributed by atoms with Crippen LogP contribution in [0.1, 0.15) is 32.2 Å². The van der Waals surface area contributed by atoms with Gasteiger partial charge < -0.3 is 9.47 Å². The second kappa shape index (κ2) is 9.20. The molecule has 0 spiro atoms. The van der Waals surface area contributed by atoms with E-state index in [1.807, 2.05) is 39.0 Å². The smallest absolute Gasteiger partial charge is 0.282 e. The molecule has 31 heavy (non-hydrogen) atoms. The highest BCUT2D eigenvalue weighted by atomic mass is 79.9. The first kappa shape index (κ1) is 23.0. The Balaban J connectivity index is 2.15. The highest BCUT2D eigenvalue weighted by molar-refractivity contribution is 9.10. The highest BCUT2D eigenvalue weighted by Crippen LogP contribution is 2.36. The van der Waals surface area contributed by atoms with Gasteiger partial charge in [0.15, 0.2) is 18.1 Å². The monoisotopic (exact) mass is 546 g/mol. The molecule has 9 heteroatoms. The van der Waals surface area contributed by atoms with E-state index in [4.69, 9.17) is 19.7 Å². The normalized spacial score (nSPS) is 11.6. The highest BCUT2D eigenvalue weighted by Gasteiger charge is 2.23. The quantitative estimate of drug-likeness (QED) is 0.419. The average molecular weight is 548 g/mol. The second-order valence-electron chi connectivity index (χ2n) is 7.69. The van der Waals surface area contributed by atoms with Gasteiger partial charge >= 0.3 is 0 Å². The van der Waals surface area contributed by atoms with Crippen LogP contribution in [0.2, 0.25) is 0 Å². The molecule has 1 heterocycles. The molecule has 0 saturated carbocycles. The van der Waals surface area contributed by atoms with E-state index in [1.165, 1.54) is 11.8 Å². The Morgan fingerprint density at radius 2 is 2.00 bits per heavy atom. The third-order valence-electron chi connectivity index (χ3n) is 4.33. The van der Waals surface area contributed by atoms with Crippen LogP contribution in [0.15, 0.2) is 49.2 Å². The average Bonchev–Trinajstić information content (AvgIpc) is 2.71. The van der Waals surface area contributed by atoms with Crippen molar-refractivity contribution in [2.45, 2.75) is 26.2 Å². The Morgan fingerprint density at radius 3 is 2.65 bits per heavy atom. The molecule has 0 amide bonds. The van der Waals surface area contributed by atoms with Gasteiger partial charge in [-0.3, -0.25) is 4.79 Å². The number of hydrogen-bond acceptors (Lipinski definition) is 6. The summed E-state index contributed by atoms with van der Waals surface area (Å²) in [6, 6.07) is 10.8. The van der Waals surface area contributed by atoms with E-state index in [0.29, 0.717) is 38.3 Å². The maximum absolute atomic E-state index is 13.2. The molecule has 160 valence electrons. The fourth-order valence-electron chi connectivity index (χ4n) is 2.92. The summed E-state index contributed by atoms with van der Waals surface area (Å²) >= 11 is 6.84. The number of fused-ring (bicyclic) bond motifs is 1. The van der Waals surface area contributed by atoms with Crippen LogP contribution >= 0.6 is 31.9 Å². The van der Waals surface area contributed by atoms with Crippen molar-refractivity contribution in [3.05, 3.63) is 61.0 Å². The molecule has 1 aromatic heterocycles. The summed E-state index contributed by atoms with van der Waals surface area (Å²) in [5.41, 5.74) is 0.625. The molecule has 0 fully saturated rings. The van der Waals surface area contributed by atoms with Crippen LogP contribution in [0.4, 0.5) is 0 Å². The Bertz CT molecular complexity index is 1270. The van der Waals surface area contributed by atoms with E-state index in [-0.39, 0.29) is 12.2 Å². The van der Waals surface area contributed by atoms with Crippen LogP contribution in [-0.2, 0) is 5.41 Å². The van der Waals surface area contributed by atoms with Crippen molar-refractivity contribution < 1.29 is 9.47 Å². The van der Waals surface area contributed by atoms with E-state index in [0.717, 1.165) is 4.47 Å². The third-order valence-corrected chi connectivity index (χ3v) is 5.42. The van der Waals surface area contributed by atoms with Crippen LogP contribution in [0, 0.1) is 11.3 Å². The van der Waals surface area contributed by atoms with Crippen molar-refractivity contribution in [2.75, 3.05) is 13.7 Å². The summed E-state index contributed by atoms with van der Waals surface area (Å²) in [5, 5.41) is 13.7. The number of halogens is 2. The first-order valence-electron chi connectivity index (χ1n) is 9.30. The Kier molecular flexibility index (Phi) is 6.82. The number of aromatic nitrogens is 2. The van der Waals surface area contributed by atoms with Gasteiger partial charge in [0.2, 0.25) is 0 Å². The number of rotatable bonds is 5. The van der Waals surface area contributed by atoms with Gasteiger partial charge in [0.25, 0.3) is 5.56 Å². The molecule has 3 aromatic rings. The van der Waals surface area contributed by atoms with Crippen LogP contribution in [0.25, 0.3) is 10.9 Å². The predicted octanol–water partition coefficient (Wildman–Crippen LogP) is 5.01. The molecule has 0 radical (unpaired) electrons. The molecule has 0 atom stereocenters. The van der Waals surface area contributed by atoms with E-state index in [1.54, 1.807) is 24.4 Å². The molecule has 0 unspecified atom stereocenters. The lowest BCUT2D eigenvalue weighted by molar-refractivity contribution is 0.327. The zero-order valence-corrected chi connectivity index (χ0v) is 20.6. The number of ether oxygens (including phenoxy) is 2. The summed E-state index contributed by atoms with van der Waals surface area (Å²) < 4.78 is 13.5. The number of methoxy groups -OCH3 is 1. The standard InChI is InChI=1S/C22H20Br2N4O3/c1-22(2,3)21-27-17-6-5-14(23)11-15(17)20(29)28(21)26-12-13-9-16(24)19(31-8-7-25)18(10-13)30-4/h5-6,9-12H,8H2,1-4H3. The zero-order chi connectivity index (χ0) is 22.8. The minimum Gasteiger partial charge on any atom is -0.493 e. The van der Waals surface area contributed by atoms with Gasteiger partial charge in [-0.2, -0.15) is 15.0 Å². The number of nitrogens with zero attached hydrogens (tertiary/aromatic N) is 4. The molecule has 0 saturated heterocycles. The number of hydrogen-bond donors (Lipinski definition) is 0. The molecular formula is C22H20Br2N4O3. The van der Waals surface area contributed by atoms with Gasteiger partial charge in [-0.15, -0.1) is 0 Å². The van der Waals surface area contributed by atoms with Crippen LogP contribution in [-0.4, -0.2) is 29.6 Å². The SMILES string of the molecule is COc1cc(C=Nn2c(C(C)(C)C)nc3ccc(Br)cc3c2=O)cc(Br)c1OCC#N. The van der Waals surface area contributed by atoms with E-state index in [9.17, 15) is 4.79 Å². The van der Waals surface area contributed by atoms with Crippen molar-refractivity contribution in [1.82, 2.24) is 9.66 Å². The molecular weight excluding hydrogens is 528 g/mol. The van der Waals surface area contributed by atoms with Crippen LogP contribution in [0.5, 0.6) is 11.5 Å². The fourth-order valence-corrected chi connectivity index (χ4v) is 3.86. The van der Waals surface area contributed by atoms with Crippen molar-refractivity contribution in [2.24, 2.45) is 5.10 Å². The van der Waals surface area contributed by atoms with Crippen molar-refractivity contribution in [1.29, 1.82) is 5.26 Å². The molecule has 3 rings (SSSR count). The predicted molar refractivity (Wildman–Crippen MR) is 127 cm³/mol. The Labute approximate surface area is 196 Å². The van der Waals surface area contributed by atoms with E-state index >= 15 is 0 Å². The topological polar surface area (TPSA) is 89.5 Å². The lowest BCUT2D eigenvalue weighted by Gasteiger charge is -2.21. The van der Waals surface area contributed by atoms with Crippen LogP contribution < -0.4 is 15.0 Å². The van der Waals surface area contributed by atoms with E-state index in [2.05, 4.69) is 37.0 Å². The van der Waals surface area contributed by atoms with Gasteiger partial charge in [0, 0.05) is 9.89 Å². The summed E-state index contributed by atoms with van der Waals surface area (Å²) in [4.78, 5) is 17.9. The minimum atomic E-state index is -0.412. The summed E-state index contributed by atoms with van der Waals surface area (Å²) in [5.74, 6) is 1.41. The second-order valence-corrected chi connectivity index (χ2v) is 9.46. The van der Waals surface area contributed by atoms with Crippen LogP contribution in [0.3, 0.4) is 0 Å². The number of nitriles is 1. The summed E-state index contributed by atoms with van der Waals surface area (Å²) in [6.45, 7) is 5.83. The third kappa shape index (κ3) is 4.97. The minimum absolute atomic E-state index is 0.106. The summed E-state index contributed by atoms with van der Waals surface area (Å²) in [7, 11) is 1.51. The molecule has 0 aliphatic rings. The van der Waals surface area contributed by atoms with Gasteiger partial charge in [-0.1, -0.05) is 36.7 Å². The Hall–Kier alpha value is -2.70. The maximum atomic E-state index is 13.2. The summed E-state index contributed by atoms with van der Waals surface area (Å²) in [6.07, 6.45) is 1.56. The van der Waals surface area contributed by atoms with E-state index < -0.39 is 5.41 Å². The fraction of sp³-hybridized carbons (Fsp3) is 0.273. The molecule has 0 aliphatic carbocycles.